The molecule has 1 unspecified atom stereocenters. The average molecular weight is 300 g/mol. The van der Waals surface area contributed by atoms with Gasteiger partial charge in [-0.25, -0.2) is 4.39 Å². The Morgan fingerprint density at radius 2 is 2.24 bits per heavy atom. The van der Waals surface area contributed by atoms with E-state index in [-0.39, 0.29) is 5.82 Å². The number of hydrogen-bond acceptors (Lipinski definition) is 1. The summed E-state index contributed by atoms with van der Waals surface area (Å²) in [5, 5.41) is 3.53. The van der Waals surface area contributed by atoms with E-state index in [1.165, 1.54) is 25.3 Å². The van der Waals surface area contributed by atoms with E-state index in [1.54, 1.807) is 6.07 Å². The van der Waals surface area contributed by atoms with Crippen LogP contribution in [-0.4, -0.2) is 6.04 Å². The highest BCUT2D eigenvalue weighted by atomic mass is 79.9. The lowest BCUT2D eigenvalue weighted by molar-refractivity contribution is 0.443. The van der Waals surface area contributed by atoms with Gasteiger partial charge in [-0.1, -0.05) is 31.9 Å². The molecule has 0 saturated heterocycles. The van der Waals surface area contributed by atoms with Crippen LogP contribution in [0.1, 0.15) is 38.2 Å². The Labute approximate surface area is 111 Å². The Morgan fingerprint density at radius 1 is 1.47 bits per heavy atom. The van der Waals surface area contributed by atoms with Crippen LogP contribution in [0.2, 0.25) is 0 Å². The van der Waals surface area contributed by atoms with Crippen molar-refractivity contribution < 1.29 is 4.39 Å². The van der Waals surface area contributed by atoms with Crippen LogP contribution in [0, 0.1) is 11.7 Å². The molecule has 0 aliphatic heterocycles. The first kappa shape index (κ1) is 13.0. The molecule has 1 aromatic rings. The van der Waals surface area contributed by atoms with Gasteiger partial charge in [-0.15, -0.1) is 0 Å². The summed E-state index contributed by atoms with van der Waals surface area (Å²) in [6.45, 7) is 2.95. The highest BCUT2D eigenvalue weighted by molar-refractivity contribution is 9.10. The molecule has 17 heavy (non-hydrogen) atoms. The second-order valence-corrected chi connectivity index (χ2v) is 5.67. The molecule has 1 aromatic carbocycles. The molecule has 1 N–H and O–H groups in total. The standard InChI is InChI=1S/C14H19BrFN/c1-2-12(8-10-6-7-10)17-9-11-4-3-5-13(16)14(11)15/h3-5,10,12,17H,2,6-9H2,1H3. The molecule has 0 heterocycles. The predicted molar refractivity (Wildman–Crippen MR) is 72.4 cm³/mol. The van der Waals surface area contributed by atoms with E-state index < -0.39 is 0 Å². The summed E-state index contributed by atoms with van der Waals surface area (Å²) in [7, 11) is 0. The quantitative estimate of drug-likeness (QED) is 0.828. The van der Waals surface area contributed by atoms with Gasteiger partial charge in [0, 0.05) is 12.6 Å². The molecule has 1 aliphatic carbocycles. The zero-order valence-electron chi connectivity index (χ0n) is 10.2. The van der Waals surface area contributed by atoms with Gasteiger partial charge in [-0.3, -0.25) is 0 Å². The lowest BCUT2D eigenvalue weighted by Crippen LogP contribution is -2.28. The van der Waals surface area contributed by atoms with Crippen LogP contribution in [-0.2, 0) is 6.54 Å². The highest BCUT2D eigenvalue weighted by Gasteiger charge is 2.24. The number of hydrogen-bond donors (Lipinski definition) is 1. The second-order valence-electron chi connectivity index (χ2n) is 4.88. The van der Waals surface area contributed by atoms with Crippen molar-refractivity contribution >= 4 is 15.9 Å². The summed E-state index contributed by atoms with van der Waals surface area (Å²) in [5.74, 6) is 0.753. The van der Waals surface area contributed by atoms with Gasteiger partial charge in [0.15, 0.2) is 0 Å². The lowest BCUT2D eigenvalue weighted by Gasteiger charge is -2.17. The van der Waals surface area contributed by atoms with Gasteiger partial charge in [0.25, 0.3) is 0 Å². The van der Waals surface area contributed by atoms with Crippen molar-refractivity contribution in [2.75, 3.05) is 0 Å². The van der Waals surface area contributed by atoms with Crippen molar-refractivity contribution in [1.29, 1.82) is 0 Å². The monoisotopic (exact) mass is 299 g/mol. The van der Waals surface area contributed by atoms with Gasteiger partial charge >= 0.3 is 0 Å². The van der Waals surface area contributed by atoms with Gasteiger partial charge < -0.3 is 5.32 Å². The molecule has 0 spiro atoms. The minimum atomic E-state index is -0.181. The maximum absolute atomic E-state index is 13.3. The summed E-state index contributed by atoms with van der Waals surface area (Å²) in [4.78, 5) is 0. The minimum absolute atomic E-state index is 0.181. The van der Waals surface area contributed by atoms with Crippen LogP contribution in [0.5, 0.6) is 0 Å². The Morgan fingerprint density at radius 3 is 2.88 bits per heavy atom. The smallest absolute Gasteiger partial charge is 0.137 e. The normalized spacial score (nSPS) is 17.1. The zero-order valence-corrected chi connectivity index (χ0v) is 11.8. The third-order valence-corrected chi connectivity index (χ3v) is 4.31. The largest absolute Gasteiger partial charge is 0.310 e. The molecule has 0 amide bonds. The Bertz CT molecular complexity index is 376. The predicted octanol–water partition coefficient (Wildman–Crippen LogP) is 4.26. The first-order chi connectivity index (χ1) is 8.20. The molecule has 2 rings (SSSR count). The van der Waals surface area contributed by atoms with E-state index >= 15 is 0 Å². The highest BCUT2D eigenvalue weighted by Crippen LogP contribution is 2.34. The average Bonchev–Trinajstić information content (AvgIpc) is 3.13. The molecular weight excluding hydrogens is 281 g/mol. The number of halogens is 2. The summed E-state index contributed by atoms with van der Waals surface area (Å²) in [6, 6.07) is 5.77. The lowest BCUT2D eigenvalue weighted by atomic mass is 10.1. The van der Waals surface area contributed by atoms with Gasteiger partial charge in [-0.05, 0) is 46.3 Å². The van der Waals surface area contributed by atoms with E-state index in [1.807, 2.05) is 6.07 Å². The topological polar surface area (TPSA) is 12.0 Å². The Balaban J connectivity index is 1.88. The van der Waals surface area contributed by atoms with E-state index in [2.05, 4.69) is 28.2 Å². The molecule has 1 fully saturated rings. The summed E-state index contributed by atoms with van der Waals surface area (Å²) in [5.41, 5.74) is 0.999. The third kappa shape index (κ3) is 3.78. The van der Waals surface area contributed by atoms with Crippen LogP contribution < -0.4 is 5.32 Å². The molecule has 1 nitrogen and oxygen atoms in total. The van der Waals surface area contributed by atoms with Gasteiger partial charge in [0.05, 0.1) is 4.47 Å². The molecule has 0 aromatic heterocycles. The van der Waals surface area contributed by atoms with Gasteiger partial charge in [0.2, 0.25) is 0 Å². The maximum Gasteiger partial charge on any atom is 0.137 e. The SMILES string of the molecule is CCC(CC1CC1)NCc1cccc(F)c1Br. The van der Waals surface area contributed by atoms with Gasteiger partial charge in [0.1, 0.15) is 5.82 Å². The summed E-state index contributed by atoms with van der Waals surface area (Å²) >= 11 is 3.30. The molecule has 1 aliphatic rings. The van der Waals surface area contributed by atoms with Crippen molar-refractivity contribution in [3.05, 3.63) is 34.1 Å². The van der Waals surface area contributed by atoms with Crippen molar-refractivity contribution in [3.8, 4) is 0 Å². The number of nitrogens with one attached hydrogen (secondary N) is 1. The Hall–Kier alpha value is -0.410. The first-order valence-corrected chi connectivity index (χ1v) is 7.16. The molecule has 0 bridgehead atoms. The fourth-order valence-electron chi connectivity index (χ4n) is 2.09. The number of benzene rings is 1. The zero-order chi connectivity index (χ0) is 12.3. The fraction of sp³-hybridized carbons (Fsp3) is 0.571. The van der Waals surface area contributed by atoms with E-state index in [9.17, 15) is 4.39 Å². The van der Waals surface area contributed by atoms with Crippen molar-refractivity contribution in [1.82, 2.24) is 5.32 Å². The Kier molecular flexibility index (Phi) is 4.57. The van der Waals surface area contributed by atoms with Crippen LogP contribution in [0.3, 0.4) is 0 Å². The molecule has 94 valence electrons. The molecule has 1 saturated carbocycles. The van der Waals surface area contributed by atoms with Crippen LogP contribution in [0.4, 0.5) is 4.39 Å². The molecular formula is C14H19BrFN. The van der Waals surface area contributed by atoms with E-state index in [4.69, 9.17) is 0 Å². The molecule has 1 atom stereocenters. The fourth-order valence-corrected chi connectivity index (χ4v) is 2.49. The first-order valence-electron chi connectivity index (χ1n) is 6.37. The van der Waals surface area contributed by atoms with Crippen LogP contribution in [0.25, 0.3) is 0 Å². The summed E-state index contributed by atoms with van der Waals surface area (Å²) < 4.78 is 13.9. The van der Waals surface area contributed by atoms with Crippen molar-refractivity contribution in [2.45, 2.75) is 45.2 Å². The minimum Gasteiger partial charge on any atom is -0.310 e. The maximum atomic E-state index is 13.3. The van der Waals surface area contributed by atoms with E-state index in [0.29, 0.717) is 10.5 Å². The summed E-state index contributed by atoms with van der Waals surface area (Å²) in [6.07, 6.45) is 5.19. The van der Waals surface area contributed by atoms with E-state index in [0.717, 1.165) is 24.4 Å². The molecule has 3 heteroatoms. The second kappa shape index (κ2) is 5.96. The van der Waals surface area contributed by atoms with Crippen LogP contribution in [0.15, 0.2) is 22.7 Å². The van der Waals surface area contributed by atoms with Crippen molar-refractivity contribution in [3.63, 3.8) is 0 Å². The third-order valence-electron chi connectivity index (χ3n) is 3.42. The number of rotatable bonds is 6. The van der Waals surface area contributed by atoms with Crippen molar-refractivity contribution in [2.24, 2.45) is 5.92 Å². The van der Waals surface area contributed by atoms with Crippen LogP contribution >= 0.6 is 15.9 Å². The van der Waals surface area contributed by atoms with Gasteiger partial charge in [-0.2, -0.15) is 0 Å². The molecule has 0 radical (unpaired) electrons.